The van der Waals surface area contributed by atoms with Gasteiger partial charge >= 0.3 is 0 Å². The molecule has 0 aliphatic carbocycles. The van der Waals surface area contributed by atoms with Crippen molar-refractivity contribution in [3.63, 3.8) is 0 Å². The van der Waals surface area contributed by atoms with Crippen LogP contribution in [0.15, 0.2) is 12.1 Å². The lowest BCUT2D eigenvalue weighted by Gasteiger charge is -2.27. The van der Waals surface area contributed by atoms with E-state index in [4.69, 9.17) is 9.47 Å². The van der Waals surface area contributed by atoms with Crippen LogP contribution < -0.4 is 14.8 Å². The highest BCUT2D eigenvalue weighted by atomic mass is 16.6. The van der Waals surface area contributed by atoms with Crippen molar-refractivity contribution >= 4 is 0 Å². The van der Waals surface area contributed by atoms with E-state index in [1.54, 1.807) is 6.07 Å². The van der Waals surface area contributed by atoms with E-state index in [1.807, 2.05) is 6.07 Å². The summed E-state index contributed by atoms with van der Waals surface area (Å²) in [6.45, 7) is 6.34. The minimum absolute atomic E-state index is 0.305. The molecule has 1 aromatic carbocycles. The Kier molecular flexibility index (Phi) is 3.75. The lowest BCUT2D eigenvalue weighted by Crippen LogP contribution is -2.44. The Balaban J connectivity index is 1.66. The Hall–Kier alpha value is -1.46. The summed E-state index contributed by atoms with van der Waals surface area (Å²) in [4.78, 5) is 2.41. The monoisotopic (exact) mass is 264 g/mol. The van der Waals surface area contributed by atoms with Crippen LogP contribution in [-0.4, -0.2) is 55.9 Å². The van der Waals surface area contributed by atoms with Crippen LogP contribution in [0.3, 0.4) is 0 Å². The van der Waals surface area contributed by atoms with Crippen LogP contribution in [0.25, 0.3) is 0 Å². The number of fused-ring (bicyclic) bond motifs is 1. The number of hydrogen-bond acceptors (Lipinski definition) is 5. The first-order valence-corrected chi connectivity index (χ1v) is 6.87. The van der Waals surface area contributed by atoms with Crippen molar-refractivity contribution in [1.29, 1.82) is 0 Å². The fraction of sp³-hybridized carbons (Fsp3) is 0.571. The summed E-state index contributed by atoms with van der Waals surface area (Å²) in [5.74, 6) is 1.70. The molecule has 1 fully saturated rings. The third-order valence-electron chi connectivity index (χ3n) is 3.65. The Bertz CT molecular complexity index is 445. The highest BCUT2D eigenvalue weighted by Gasteiger charge is 2.16. The molecule has 0 spiro atoms. The second kappa shape index (κ2) is 5.67. The first kappa shape index (κ1) is 12.6. The van der Waals surface area contributed by atoms with Crippen LogP contribution in [0.4, 0.5) is 0 Å². The van der Waals surface area contributed by atoms with Crippen LogP contribution in [0.1, 0.15) is 5.56 Å². The summed E-state index contributed by atoms with van der Waals surface area (Å²) in [7, 11) is 0. The van der Waals surface area contributed by atoms with Gasteiger partial charge in [0, 0.05) is 38.8 Å². The van der Waals surface area contributed by atoms with Gasteiger partial charge in [-0.15, -0.1) is 0 Å². The van der Waals surface area contributed by atoms with Gasteiger partial charge in [0.15, 0.2) is 11.5 Å². The average Bonchev–Trinajstić information content (AvgIpc) is 2.46. The molecule has 2 heterocycles. The molecule has 0 atom stereocenters. The highest BCUT2D eigenvalue weighted by molar-refractivity contribution is 5.50. The normalized spacial score (nSPS) is 19.4. The molecule has 5 nitrogen and oxygen atoms in total. The van der Waals surface area contributed by atoms with Gasteiger partial charge < -0.3 is 24.8 Å². The van der Waals surface area contributed by atoms with Gasteiger partial charge in [0.1, 0.15) is 19.0 Å². The quantitative estimate of drug-likeness (QED) is 0.838. The lowest BCUT2D eigenvalue weighted by molar-refractivity contribution is 0.170. The number of nitrogens with one attached hydrogen (secondary N) is 1. The summed E-state index contributed by atoms with van der Waals surface area (Å²) in [5, 5.41) is 13.4. The molecule has 2 N–H and O–H groups in total. The Labute approximate surface area is 113 Å². The Morgan fingerprint density at radius 2 is 1.79 bits per heavy atom. The Morgan fingerprint density at radius 3 is 2.53 bits per heavy atom. The molecule has 1 aromatic rings. The van der Waals surface area contributed by atoms with Crippen molar-refractivity contribution in [2.24, 2.45) is 0 Å². The van der Waals surface area contributed by atoms with Crippen molar-refractivity contribution in [3.8, 4) is 17.2 Å². The zero-order valence-corrected chi connectivity index (χ0v) is 11.0. The van der Waals surface area contributed by atoms with Gasteiger partial charge in [-0.25, -0.2) is 0 Å². The molecular weight excluding hydrogens is 244 g/mol. The van der Waals surface area contributed by atoms with Crippen molar-refractivity contribution in [3.05, 3.63) is 17.7 Å². The molecule has 0 radical (unpaired) electrons. The number of hydrogen-bond donors (Lipinski definition) is 2. The molecule has 0 amide bonds. The predicted molar refractivity (Wildman–Crippen MR) is 72.1 cm³/mol. The first-order valence-electron chi connectivity index (χ1n) is 6.87. The van der Waals surface area contributed by atoms with Gasteiger partial charge in [-0.05, 0) is 18.1 Å². The molecule has 2 aliphatic heterocycles. The first-order chi connectivity index (χ1) is 9.33. The largest absolute Gasteiger partial charge is 0.508 e. The summed E-state index contributed by atoms with van der Waals surface area (Å²) >= 11 is 0. The topological polar surface area (TPSA) is 54.0 Å². The van der Waals surface area contributed by atoms with Crippen LogP contribution in [0, 0.1) is 0 Å². The second-order valence-corrected chi connectivity index (χ2v) is 4.97. The lowest BCUT2D eigenvalue weighted by atomic mass is 10.1. The molecule has 0 saturated carbocycles. The molecule has 0 aromatic heterocycles. The van der Waals surface area contributed by atoms with E-state index >= 15 is 0 Å². The third kappa shape index (κ3) is 2.93. The van der Waals surface area contributed by atoms with E-state index in [1.165, 1.54) is 0 Å². The number of nitrogens with zero attached hydrogens (tertiary/aromatic N) is 1. The molecule has 2 aliphatic rings. The van der Waals surface area contributed by atoms with E-state index in [0.29, 0.717) is 24.7 Å². The number of ether oxygens (including phenoxy) is 2. The van der Waals surface area contributed by atoms with Gasteiger partial charge in [0.25, 0.3) is 0 Å². The number of rotatable bonds is 3. The highest BCUT2D eigenvalue weighted by Crippen LogP contribution is 2.36. The van der Waals surface area contributed by atoms with Crippen LogP contribution in [0.2, 0.25) is 0 Å². The summed E-state index contributed by atoms with van der Waals surface area (Å²) < 4.78 is 11.0. The number of aromatic hydroxyl groups is 1. The molecular formula is C14H20N2O3. The zero-order valence-electron chi connectivity index (χ0n) is 11.0. The second-order valence-electron chi connectivity index (χ2n) is 4.97. The number of phenols is 1. The van der Waals surface area contributed by atoms with Crippen molar-refractivity contribution in [2.75, 3.05) is 45.9 Å². The molecule has 3 rings (SSSR count). The predicted octanol–water partition coefficient (Wildman–Crippen LogP) is 0.611. The minimum atomic E-state index is 0.305. The number of piperazine rings is 1. The molecule has 0 unspecified atom stereocenters. The van der Waals surface area contributed by atoms with Crippen LogP contribution >= 0.6 is 0 Å². The number of phenolic OH excluding ortho intramolecular Hbond substituents is 1. The van der Waals surface area contributed by atoms with E-state index in [-0.39, 0.29) is 0 Å². The van der Waals surface area contributed by atoms with Gasteiger partial charge in [0.2, 0.25) is 0 Å². The van der Waals surface area contributed by atoms with E-state index < -0.39 is 0 Å². The Morgan fingerprint density at radius 1 is 1.11 bits per heavy atom. The third-order valence-corrected chi connectivity index (χ3v) is 3.65. The van der Waals surface area contributed by atoms with E-state index in [9.17, 15) is 5.11 Å². The van der Waals surface area contributed by atoms with Gasteiger partial charge in [-0.3, -0.25) is 0 Å². The minimum Gasteiger partial charge on any atom is -0.508 e. The van der Waals surface area contributed by atoms with Crippen molar-refractivity contribution in [2.45, 2.75) is 6.42 Å². The van der Waals surface area contributed by atoms with E-state index in [2.05, 4.69) is 10.2 Å². The summed E-state index contributed by atoms with van der Waals surface area (Å²) in [5.41, 5.74) is 0.933. The summed E-state index contributed by atoms with van der Waals surface area (Å²) in [6, 6.07) is 3.58. The van der Waals surface area contributed by atoms with E-state index in [0.717, 1.165) is 50.5 Å². The molecule has 104 valence electrons. The summed E-state index contributed by atoms with van der Waals surface area (Å²) in [6.07, 6.45) is 0.836. The molecule has 0 bridgehead atoms. The standard InChI is InChI=1S/C14H20N2O3/c17-12-10-14-13(18-7-8-19-14)9-11(12)1-4-16-5-2-15-3-6-16/h9-10,15,17H,1-8H2. The van der Waals surface area contributed by atoms with Crippen molar-refractivity contribution in [1.82, 2.24) is 10.2 Å². The SMILES string of the molecule is Oc1cc2c(cc1CCN1CCNCC1)OCCO2. The fourth-order valence-electron chi connectivity index (χ4n) is 2.53. The molecule has 1 saturated heterocycles. The average molecular weight is 264 g/mol. The maximum absolute atomic E-state index is 10.0. The van der Waals surface area contributed by atoms with Crippen LogP contribution in [-0.2, 0) is 6.42 Å². The van der Waals surface area contributed by atoms with Gasteiger partial charge in [-0.2, -0.15) is 0 Å². The molecule has 19 heavy (non-hydrogen) atoms. The van der Waals surface area contributed by atoms with Gasteiger partial charge in [-0.1, -0.05) is 0 Å². The van der Waals surface area contributed by atoms with Crippen molar-refractivity contribution < 1.29 is 14.6 Å². The number of benzene rings is 1. The molecule has 5 heteroatoms. The van der Waals surface area contributed by atoms with Crippen LogP contribution in [0.5, 0.6) is 17.2 Å². The zero-order chi connectivity index (χ0) is 13.1. The maximum Gasteiger partial charge on any atom is 0.165 e. The maximum atomic E-state index is 10.0. The fourth-order valence-corrected chi connectivity index (χ4v) is 2.53. The smallest absolute Gasteiger partial charge is 0.165 e. The van der Waals surface area contributed by atoms with Gasteiger partial charge in [0.05, 0.1) is 0 Å².